The number of hydrogen-bond acceptors (Lipinski definition) is 3. The lowest BCUT2D eigenvalue weighted by atomic mass is 10.0. The monoisotopic (exact) mass is 290 g/mol. The normalized spacial score (nSPS) is 16.6. The van der Waals surface area contributed by atoms with E-state index in [1.165, 1.54) is 6.92 Å². The van der Waals surface area contributed by atoms with Crippen LogP contribution in [0.15, 0.2) is 24.3 Å². The number of benzene rings is 1. The van der Waals surface area contributed by atoms with Crippen LogP contribution in [-0.4, -0.2) is 41.0 Å². The van der Waals surface area contributed by atoms with Crippen molar-refractivity contribution in [2.75, 3.05) is 18.4 Å². The molecule has 5 heteroatoms. The molecule has 1 heterocycles. The van der Waals surface area contributed by atoms with E-state index >= 15 is 0 Å². The van der Waals surface area contributed by atoms with Crippen LogP contribution in [0.1, 0.15) is 31.7 Å². The molecule has 0 spiro atoms. The third-order valence-corrected chi connectivity index (χ3v) is 3.81. The fourth-order valence-electron chi connectivity index (χ4n) is 2.84. The van der Waals surface area contributed by atoms with Gasteiger partial charge in [0.15, 0.2) is 0 Å². The van der Waals surface area contributed by atoms with E-state index in [0.29, 0.717) is 0 Å². The molecule has 1 saturated heterocycles. The van der Waals surface area contributed by atoms with E-state index in [9.17, 15) is 9.59 Å². The molecule has 21 heavy (non-hydrogen) atoms. The molecule has 0 bridgehead atoms. The number of carboxylic acids is 1. The first-order valence-corrected chi connectivity index (χ1v) is 7.37. The Morgan fingerprint density at radius 1 is 1.24 bits per heavy atom. The summed E-state index contributed by atoms with van der Waals surface area (Å²) in [4.78, 5) is 24.3. The topological polar surface area (TPSA) is 69.6 Å². The van der Waals surface area contributed by atoms with Gasteiger partial charge in [-0.2, -0.15) is 0 Å². The number of anilines is 1. The number of aliphatic carboxylic acids is 1. The van der Waals surface area contributed by atoms with Crippen molar-refractivity contribution in [2.45, 2.75) is 38.6 Å². The van der Waals surface area contributed by atoms with Gasteiger partial charge in [-0.3, -0.25) is 14.5 Å². The lowest BCUT2D eigenvalue weighted by Gasteiger charge is -2.26. The van der Waals surface area contributed by atoms with Crippen LogP contribution >= 0.6 is 0 Å². The Morgan fingerprint density at radius 3 is 2.38 bits per heavy atom. The van der Waals surface area contributed by atoms with Crippen LogP contribution < -0.4 is 5.32 Å². The van der Waals surface area contributed by atoms with Gasteiger partial charge in [0, 0.05) is 18.7 Å². The second-order valence-corrected chi connectivity index (χ2v) is 5.58. The summed E-state index contributed by atoms with van der Waals surface area (Å²) in [5, 5.41) is 11.8. The molecular formula is C16H22N2O3. The van der Waals surface area contributed by atoms with Crippen molar-refractivity contribution in [1.29, 1.82) is 0 Å². The Hall–Kier alpha value is -1.88. The number of carboxylic acid groups (broad SMARTS) is 1. The zero-order valence-corrected chi connectivity index (χ0v) is 12.3. The van der Waals surface area contributed by atoms with Crippen LogP contribution in [0.4, 0.5) is 5.69 Å². The van der Waals surface area contributed by atoms with Crippen LogP contribution in [0.5, 0.6) is 0 Å². The summed E-state index contributed by atoms with van der Waals surface area (Å²) in [5.74, 6) is -0.842. The lowest BCUT2D eigenvalue weighted by Crippen LogP contribution is -2.36. The molecule has 1 amide bonds. The van der Waals surface area contributed by atoms with Crippen LogP contribution in [0.3, 0.4) is 0 Å². The zero-order chi connectivity index (χ0) is 15.2. The lowest BCUT2D eigenvalue weighted by molar-refractivity contribution is -0.138. The fourth-order valence-corrected chi connectivity index (χ4v) is 2.84. The molecule has 1 fully saturated rings. The average molecular weight is 290 g/mol. The van der Waals surface area contributed by atoms with Crippen LogP contribution in [0.2, 0.25) is 0 Å². The van der Waals surface area contributed by atoms with E-state index < -0.39 is 5.97 Å². The van der Waals surface area contributed by atoms with Crippen molar-refractivity contribution < 1.29 is 14.7 Å². The molecule has 114 valence electrons. The van der Waals surface area contributed by atoms with Crippen molar-refractivity contribution in [3.63, 3.8) is 0 Å². The van der Waals surface area contributed by atoms with Gasteiger partial charge in [0.25, 0.3) is 0 Å². The van der Waals surface area contributed by atoms with E-state index in [0.717, 1.165) is 43.6 Å². The summed E-state index contributed by atoms with van der Waals surface area (Å²) < 4.78 is 0. The minimum Gasteiger partial charge on any atom is -0.481 e. The summed E-state index contributed by atoms with van der Waals surface area (Å²) in [6.07, 6.45) is 3.20. The predicted octanol–water partition coefficient (Wildman–Crippen LogP) is 2.13. The highest BCUT2D eigenvalue weighted by Gasteiger charge is 2.24. The second-order valence-electron chi connectivity index (χ2n) is 5.58. The standard InChI is InChI=1S/C16H22N2O3/c1-12(19)17-14-6-4-13(5-7-14)10-15(11-16(20)21)18-8-2-3-9-18/h4-7,15H,2-3,8-11H2,1H3,(H,17,19)(H,20,21). The Labute approximate surface area is 125 Å². The minimum atomic E-state index is -0.748. The first kappa shape index (κ1) is 15.5. The molecule has 1 aromatic rings. The van der Waals surface area contributed by atoms with Gasteiger partial charge in [0.05, 0.1) is 6.42 Å². The quantitative estimate of drug-likeness (QED) is 0.842. The number of likely N-dealkylation sites (tertiary alicyclic amines) is 1. The van der Waals surface area contributed by atoms with Crippen molar-refractivity contribution in [3.05, 3.63) is 29.8 Å². The van der Waals surface area contributed by atoms with E-state index in [1.54, 1.807) is 0 Å². The summed E-state index contributed by atoms with van der Waals surface area (Å²) in [7, 11) is 0. The number of carbonyl (C=O) groups is 2. The van der Waals surface area contributed by atoms with E-state index in [-0.39, 0.29) is 18.4 Å². The van der Waals surface area contributed by atoms with E-state index in [4.69, 9.17) is 5.11 Å². The van der Waals surface area contributed by atoms with Crippen LogP contribution in [-0.2, 0) is 16.0 Å². The van der Waals surface area contributed by atoms with Gasteiger partial charge in [-0.15, -0.1) is 0 Å². The molecule has 1 aliphatic heterocycles. The van der Waals surface area contributed by atoms with Gasteiger partial charge in [0.1, 0.15) is 0 Å². The molecule has 1 aromatic carbocycles. The number of carbonyl (C=O) groups excluding carboxylic acids is 1. The van der Waals surface area contributed by atoms with Gasteiger partial charge >= 0.3 is 5.97 Å². The Balaban J connectivity index is 2.01. The maximum absolute atomic E-state index is 11.1. The van der Waals surface area contributed by atoms with Crippen molar-refractivity contribution in [3.8, 4) is 0 Å². The predicted molar refractivity (Wildman–Crippen MR) is 81.3 cm³/mol. The number of nitrogens with zero attached hydrogens (tertiary/aromatic N) is 1. The molecule has 0 saturated carbocycles. The molecule has 0 aromatic heterocycles. The van der Waals surface area contributed by atoms with Gasteiger partial charge in [-0.05, 0) is 50.0 Å². The smallest absolute Gasteiger partial charge is 0.304 e. The Morgan fingerprint density at radius 2 is 1.86 bits per heavy atom. The highest BCUT2D eigenvalue weighted by molar-refractivity contribution is 5.88. The minimum absolute atomic E-state index is 0.0524. The largest absolute Gasteiger partial charge is 0.481 e. The highest BCUT2D eigenvalue weighted by atomic mass is 16.4. The van der Waals surface area contributed by atoms with E-state index in [2.05, 4.69) is 10.2 Å². The fraction of sp³-hybridized carbons (Fsp3) is 0.500. The summed E-state index contributed by atoms with van der Waals surface area (Å²) >= 11 is 0. The summed E-state index contributed by atoms with van der Waals surface area (Å²) in [6.45, 7) is 3.45. The number of nitrogens with one attached hydrogen (secondary N) is 1. The van der Waals surface area contributed by atoms with Crippen molar-refractivity contribution >= 4 is 17.6 Å². The Kier molecular flexibility index (Phi) is 5.33. The molecular weight excluding hydrogens is 268 g/mol. The van der Waals surface area contributed by atoms with Gasteiger partial charge in [-0.1, -0.05) is 12.1 Å². The molecule has 1 aliphatic rings. The number of amides is 1. The molecule has 5 nitrogen and oxygen atoms in total. The Bertz CT molecular complexity index is 493. The van der Waals surface area contributed by atoms with Crippen LogP contribution in [0, 0.1) is 0 Å². The molecule has 2 N–H and O–H groups in total. The number of rotatable bonds is 6. The van der Waals surface area contributed by atoms with Gasteiger partial charge in [0.2, 0.25) is 5.91 Å². The molecule has 0 radical (unpaired) electrons. The van der Waals surface area contributed by atoms with Crippen molar-refractivity contribution in [1.82, 2.24) is 4.90 Å². The van der Waals surface area contributed by atoms with E-state index in [1.807, 2.05) is 24.3 Å². The molecule has 1 unspecified atom stereocenters. The summed E-state index contributed by atoms with van der Waals surface area (Å²) in [6, 6.07) is 7.68. The van der Waals surface area contributed by atoms with Gasteiger partial charge < -0.3 is 10.4 Å². The molecule has 0 aliphatic carbocycles. The third kappa shape index (κ3) is 4.86. The second kappa shape index (κ2) is 7.22. The first-order chi connectivity index (χ1) is 10.0. The molecule has 1 atom stereocenters. The maximum atomic E-state index is 11.1. The maximum Gasteiger partial charge on any atom is 0.304 e. The highest BCUT2D eigenvalue weighted by Crippen LogP contribution is 2.19. The van der Waals surface area contributed by atoms with Crippen LogP contribution in [0.25, 0.3) is 0 Å². The first-order valence-electron chi connectivity index (χ1n) is 7.37. The third-order valence-electron chi connectivity index (χ3n) is 3.81. The summed E-state index contributed by atoms with van der Waals surface area (Å²) in [5.41, 5.74) is 1.87. The SMILES string of the molecule is CC(=O)Nc1ccc(CC(CC(=O)O)N2CCCC2)cc1. The molecule has 2 rings (SSSR count). The zero-order valence-electron chi connectivity index (χ0n) is 12.3. The van der Waals surface area contributed by atoms with Gasteiger partial charge in [-0.25, -0.2) is 0 Å². The average Bonchev–Trinajstić information content (AvgIpc) is 2.93. The van der Waals surface area contributed by atoms with Crippen molar-refractivity contribution in [2.24, 2.45) is 0 Å². The number of hydrogen-bond donors (Lipinski definition) is 2.